The molecule has 0 spiro atoms. The molecule has 1 amide bonds. The number of nitro benzene ring substituents is 1. The number of carbonyl (C=O) groups excluding carboxylic acids is 1. The number of benzene rings is 2. The Labute approximate surface area is 135 Å². The van der Waals surface area contributed by atoms with Crippen LogP contribution in [0.3, 0.4) is 0 Å². The minimum Gasteiger partial charge on any atom is -0.267 e. The minimum absolute atomic E-state index is 0.0325. The highest BCUT2D eigenvalue weighted by Crippen LogP contribution is 2.24. The molecule has 0 saturated heterocycles. The zero-order valence-electron chi connectivity index (χ0n) is 11.0. The molecule has 0 aliphatic carbocycles. The van der Waals surface area contributed by atoms with Gasteiger partial charge in [0.15, 0.2) is 0 Å². The summed E-state index contributed by atoms with van der Waals surface area (Å²) in [5.41, 5.74) is 2.86. The van der Waals surface area contributed by atoms with Gasteiger partial charge in [0.25, 0.3) is 11.6 Å². The fraction of sp³-hybridized carbons (Fsp3) is 0. The van der Waals surface area contributed by atoms with Crippen molar-refractivity contribution in [2.24, 2.45) is 5.10 Å². The van der Waals surface area contributed by atoms with Crippen molar-refractivity contribution in [2.45, 2.75) is 0 Å². The second-order valence-electron chi connectivity index (χ2n) is 4.18. The van der Waals surface area contributed by atoms with E-state index in [1.165, 1.54) is 24.4 Å². The highest BCUT2D eigenvalue weighted by Gasteiger charge is 2.12. The third-order valence-corrected chi connectivity index (χ3v) is 3.19. The van der Waals surface area contributed by atoms with Crippen LogP contribution in [0.25, 0.3) is 0 Å². The van der Waals surface area contributed by atoms with Crippen molar-refractivity contribution in [3.05, 3.63) is 73.8 Å². The van der Waals surface area contributed by atoms with Crippen molar-refractivity contribution in [3.63, 3.8) is 0 Å². The van der Waals surface area contributed by atoms with Gasteiger partial charge in [-0.25, -0.2) is 5.43 Å². The van der Waals surface area contributed by atoms with Crippen LogP contribution in [0.2, 0.25) is 10.0 Å². The van der Waals surface area contributed by atoms with Gasteiger partial charge in [0.1, 0.15) is 5.02 Å². The van der Waals surface area contributed by atoms with E-state index in [4.69, 9.17) is 23.2 Å². The molecule has 2 rings (SSSR count). The molecule has 0 saturated carbocycles. The number of nitrogens with zero attached hydrogens (tertiary/aromatic N) is 2. The molecule has 0 unspecified atom stereocenters. The summed E-state index contributed by atoms with van der Waals surface area (Å²) in [7, 11) is 0. The van der Waals surface area contributed by atoms with Crippen molar-refractivity contribution in [1.29, 1.82) is 0 Å². The lowest BCUT2D eigenvalue weighted by Crippen LogP contribution is -2.17. The smallest absolute Gasteiger partial charge is 0.267 e. The van der Waals surface area contributed by atoms with Gasteiger partial charge in [0, 0.05) is 22.2 Å². The van der Waals surface area contributed by atoms with Crippen LogP contribution in [0.4, 0.5) is 5.69 Å². The molecule has 0 fully saturated rings. The third-order valence-electron chi connectivity index (χ3n) is 2.63. The largest absolute Gasteiger partial charge is 0.288 e. The van der Waals surface area contributed by atoms with E-state index in [2.05, 4.69) is 10.5 Å². The van der Waals surface area contributed by atoms with E-state index in [0.717, 1.165) is 0 Å². The average Bonchev–Trinajstić information content (AvgIpc) is 2.48. The number of hydrogen-bond donors (Lipinski definition) is 1. The lowest BCUT2D eigenvalue weighted by atomic mass is 10.2. The van der Waals surface area contributed by atoms with Crippen molar-refractivity contribution >= 4 is 41.0 Å². The summed E-state index contributed by atoms with van der Waals surface area (Å²) in [6, 6.07) is 10.6. The van der Waals surface area contributed by atoms with Gasteiger partial charge in [0.2, 0.25) is 0 Å². The van der Waals surface area contributed by atoms with Crippen molar-refractivity contribution < 1.29 is 9.72 Å². The number of rotatable bonds is 4. The summed E-state index contributed by atoms with van der Waals surface area (Å²) < 4.78 is 0. The van der Waals surface area contributed by atoms with Gasteiger partial charge in [-0.1, -0.05) is 35.3 Å². The van der Waals surface area contributed by atoms with Gasteiger partial charge in [0.05, 0.1) is 11.1 Å². The molecule has 6 nitrogen and oxygen atoms in total. The second-order valence-corrected chi connectivity index (χ2v) is 5.02. The SMILES string of the molecule is O=C(NN=Cc1ccc(Cl)c([N+](=O)[O-])c1)c1cccc(Cl)c1. The minimum atomic E-state index is -0.593. The van der Waals surface area contributed by atoms with E-state index in [-0.39, 0.29) is 10.7 Å². The van der Waals surface area contributed by atoms with Crippen LogP contribution in [0.1, 0.15) is 15.9 Å². The predicted octanol–water partition coefficient (Wildman–Crippen LogP) is 3.67. The van der Waals surface area contributed by atoms with Crippen LogP contribution in [-0.2, 0) is 0 Å². The van der Waals surface area contributed by atoms with Crippen molar-refractivity contribution in [1.82, 2.24) is 5.43 Å². The molecule has 0 aliphatic rings. The number of nitro groups is 1. The first-order valence-corrected chi connectivity index (χ1v) is 6.76. The first-order chi connectivity index (χ1) is 10.5. The molecule has 22 heavy (non-hydrogen) atoms. The molecule has 0 bridgehead atoms. The number of carbonyl (C=O) groups is 1. The van der Waals surface area contributed by atoms with Crippen LogP contribution in [0.5, 0.6) is 0 Å². The van der Waals surface area contributed by atoms with Crippen molar-refractivity contribution in [2.75, 3.05) is 0 Å². The maximum Gasteiger partial charge on any atom is 0.288 e. The van der Waals surface area contributed by atoms with Gasteiger partial charge in [-0.3, -0.25) is 14.9 Å². The topological polar surface area (TPSA) is 84.6 Å². The van der Waals surface area contributed by atoms with E-state index < -0.39 is 10.8 Å². The fourth-order valence-electron chi connectivity index (χ4n) is 1.61. The Bertz CT molecular complexity index is 763. The van der Waals surface area contributed by atoms with E-state index in [9.17, 15) is 14.9 Å². The molecule has 0 atom stereocenters. The summed E-state index contributed by atoms with van der Waals surface area (Å²) in [6.07, 6.45) is 1.28. The molecular weight excluding hydrogens is 329 g/mol. The molecule has 0 aliphatic heterocycles. The highest BCUT2D eigenvalue weighted by molar-refractivity contribution is 6.32. The number of nitrogens with one attached hydrogen (secondary N) is 1. The Morgan fingerprint density at radius 2 is 2.00 bits per heavy atom. The fourth-order valence-corrected chi connectivity index (χ4v) is 1.99. The summed E-state index contributed by atoms with van der Waals surface area (Å²) in [5.74, 6) is -0.442. The second kappa shape index (κ2) is 7.02. The lowest BCUT2D eigenvalue weighted by molar-refractivity contribution is -0.384. The molecule has 0 radical (unpaired) electrons. The molecule has 1 N–H and O–H groups in total. The third kappa shape index (κ3) is 4.03. The highest BCUT2D eigenvalue weighted by atomic mass is 35.5. The van der Waals surface area contributed by atoms with Crippen LogP contribution in [0.15, 0.2) is 47.6 Å². The molecule has 112 valence electrons. The average molecular weight is 338 g/mol. The standard InChI is InChI=1S/C14H9Cl2N3O3/c15-11-3-1-2-10(7-11)14(20)18-17-8-9-4-5-12(16)13(6-9)19(21)22/h1-8H,(H,18,20). The van der Waals surface area contributed by atoms with Gasteiger partial charge in [-0.2, -0.15) is 5.10 Å². The molecular formula is C14H9Cl2N3O3. The molecule has 2 aromatic rings. The Balaban J connectivity index is 2.08. The van der Waals surface area contributed by atoms with Crippen LogP contribution in [0, 0.1) is 10.1 Å². The maximum atomic E-state index is 11.8. The number of halogens is 2. The van der Waals surface area contributed by atoms with E-state index in [0.29, 0.717) is 16.1 Å². The monoisotopic (exact) mass is 337 g/mol. The summed E-state index contributed by atoms with van der Waals surface area (Å²) in [4.78, 5) is 22.0. The Hall–Kier alpha value is -2.44. The summed E-state index contributed by atoms with van der Waals surface area (Å²) in [5, 5.41) is 15.0. The summed E-state index contributed by atoms with van der Waals surface area (Å²) in [6.45, 7) is 0. The number of hydrogen-bond acceptors (Lipinski definition) is 4. The van der Waals surface area contributed by atoms with Gasteiger partial charge in [-0.05, 0) is 24.3 Å². The zero-order chi connectivity index (χ0) is 16.1. The van der Waals surface area contributed by atoms with Gasteiger partial charge in [-0.15, -0.1) is 0 Å². The Morgan fingerprint density at radius 3 is 2.68 bits per heavy atom. The van der Waals surface area contributed by atoms with E-state index >= 15 is 0 Å². The van der Waals surface area contributed by atoms with E-state index in [1.54, 1.807) is 24.3 Å². The quantitative estimate of drug-likeness (QED) is 0.524. The normalized spacial score (nSPS) is 10.6. The number of amides is 1. The van der Waals surface area contributed by atoms with Gasteiger partial charge < -0.3 is 0 Å². The van der Waals surface area contributed by atoms with Crippen LogP contribution < -0.4 is 5.43 Å². The molecule has 2 aromatic carbocycles. The Morgan fingerprint density at radius 1 is 1.23 bits per heavy atom. The van der Waals surface area contributed by atoms with E-state index in [1.807, 2.05) is 0 Å². The first-order valence-electron chi connectivity index (χ1n) is 6.00. The zero-order valence-corrected chi connectivity index (χ0v) is 12.5. The van der Waals surface area contributed by atoms with Crippen LogP contribution >= 0.6 is 23.2 Å². The molecule has 8 heteroatoms. The van der Waals surface area contributed by atoms with Gasteiger partial charge >= 0.3 is 0 Å². The lowest BCUT2D eigenvalue weighted by Gasteiger charge is -2.00. The van der Waals surface area contributed by atoms with Crippen molar-refractivity contribution in [3.8, 4) is 0 Å². The van der Waals surface area contributed by atoms with Crippen LogP contribution in [-0.4, -0.2) is 17.0 Å². The molecule has 0 heterocycles. The maximum absolute atomic E-state index is 11.8. The number of hydrazone groups is 1. The first kappa shape index (κ1) is 15.9. The molecule has 0 aromatic heterocycles. The Kier molecular flexibility index (Phi) is 5.08. The summed E-state index contributed by atoms with van der Waals surface area (Å²) >= 11 is 11.5. The predicted molar refractivity (Wildman–Crippen MR) is 84.6 cm³/mol.